The van der Waals surface area contributed by atoms with E-state index in [1.165, 1.54) is 7.11 Å². The molecule has 0 bridgehead atoms. The number of hydrogen-bond acceptors (Lipinski definition) is 3. The third kappa shape index (κ3) is 3.13. The Morgan fingerprint density at radius 2 is 2.17 bits per heavy atom. The predicted octanol–water partition coefficient (Wildman–Crippen LogP) is 3.60. The molecule has 18 heavy (non-hydrogen) atoms. The minimum atomic E-state index is -0.364. The van der Waals surface area contributed by atoms with Crippen LogP contribution in [0.3, 0.4) is 0 Å². The Morgan fingerprint density at radius 1 is 1.50 bits per heavy atom. The van der Waals surface area contributed by atoms with Crippen LogP contribution in [0.5, 0.6) is 5.75 Å². The second-order valence-electron chi connectivity index (χ2n) is 3.94. The molecule has 0 fully saturated rings. The molecule has 98 valence electrons. The Kier molecular flexibility index (Phi) is 5.41. The molecule has 0 aromatic heterocycles. The van der Waals surface area contributed by atoms with Gasteiger partial charge < -0.3 is 9.47 Å². The van der Waals surface area contributed by atoms with Crippen molar-refractivity contribution >= 4 is 21.9 Å². The van der Waals surface area contributed by atoms with Crippen molar-refractivity contribution in [1.82, 2.24) is 0 Å². The molecule has 0 aliphatic rings. The number of halogens is 1. The molecular formula is C14H17BrO3. The normalized spacial score (nSPS) is 11.8. The van der Waals surface area contributed by atoms with Crippen molar-refractivity contribution in [1.29, 1.82) is 0 Å². The molecule has 0 spiro atoms. The predicted molar refractivity (Wildman–Crippen MR) is 75.0 cm³/mol. The summed E-state index contributed by atoms with van der Waals surface area (Å²) in [6.45, 7) is 5.63. The van der Waals surface area contributed by atoms with E-state index in [1.54, 1.807) is 13.2 Å². The Balaban J connectivity index is 3.26. The maximum atomic E-state index is 11.8. The number of ether oxygens (including phenoxy) is 2. The zero-order valence-corrected chi connectivity index (χ0v) is 12.4. The van der Waals surface area contributed by atoms with Crippen LogP contribution in [0.2, 0.25) is 0 Å². The molecule has 1 rings (SSSR count). The maximum absolute atomic E-state index is 11.8. The average molecular weight is 313 g/mol. The summed E-state index contributed by atoms with van der Waals surface area (Å²) in [6.07, 6.45) is 2.23. The second-order valence-corrected chi connectivity index (χ2v) is 4.80. The van der Waals surface area contributed by atoms with E-state index in [1.807, 2.05) is 19.1 Å². The molecule has 1 atom stereocenters. The van der Waals surface area contributed by atoms with Crippen molar-refractivity contribution in [3.05, 3.63) is 40.4 Å². The fourth-order valence-electron chi connectivity index (χ4n) is 1.81. The number of allylic oxidation sites excluding steroid dienone is 1. The second kappa shape index (κ2) is 6.59. The molecule has 1 aromatic carbocycles. The molecule has 0 amide bonds. The van der Waals surface area contributed by atoms with E-state index in [9.17, 15) is 4.79 Å². The quantitative estimate of drug-likeness (QED) is 0.615. The van der Waals surface area contributed by atoms with Gasteiger partial charge in [0.1, 0.15) is 5.75 Å². The summed E-state index contributed by atoms with van der Waals surface area (Å²) < 4.78 is 11.0. The lowest BCUT2D eigenvalue weighted by Gasteiger charge is -2.17. The molecule has 0 saturated heterocycles. The van der Waals surface area contributed by atoms with E-state index in [2.05, 4.69) is 22.5 Å². The first-order valence-corrected chi connectivity index (χ1v) is 6.37. The SMILES string of the molecule is C=CCC(C(=O)OC)c1cc(OC)c(C)cc1Br. The smallest absolute Gasteiger partial charge is 0.313 e. The summed E-state index contributed by atoms with van der Waals surface area (Å²) in [5.41, 5.74) is 1.86. The number of esters is 1. The van der Waals surface area contributed by atoms with Crippen LogP contribution in [0.25, 0.3) is 0 Å². The Bertz CT molecular complexity index is 455. The van der Waals surface area contributed by atoms with Gasteiger partial charge in [-0.25, -0.2) is 0 Å². The summed E-state index contributed by atoms with van der Waals surface area (Å²) in [6, 6.07) is 3.80. The van der Waals surface area contributed by atoms with Crippen LogP contribution in [-0.4, -0.2) is 20.2 Å². The molecule has 1 unspecified atom stereocenters. The zero-order chi connectivity index (χ0) is 13.7. The fourth-order valence-corrected chi connectivity index (χ4v) is 2.55. The van der Waals surface area contributed by atoms with Crippen LogP contribution in [0.1, 0.15) is 23.5 Å². The van der Waals surface area contributed by atoms with Crippen LogP contribution in [0, 0.1) is 6.92 Å². The lowest BCUT2D eigenvalue weighted by atomic mass is 9.94. The molecular weight excluding hydrogens is 296 g/mol. The van der Waals surface area contributed by atoms with Gasteiger partial charge in [-0.3, -0.25) is 4.79 Å². The van der Waals surface area contributed by atoms with Crippen molar-refractivity contribution in [2.45, 2.75) is 19.3 Å². The number of hydrogen-bond donors (Lipinski definition) is 0. The van der Waals surface area contributed by atoms with Crippen molar-refractivity contribution < 1.29 is 14.3 Å². The highest BCUT2D eigenvalue weighted by Crippen LogP contribution is 2.34. The standard InChI is InChI=1S/C14H17BrO3/c1-5-6-10(14(16)18-4)11-8-13(17-3)9(2)7-12(11)15/h5,7-8,10H,1,6H2,2-4H3. The number of rotatable bonds is 5. The summed E-state index contributed by atoms with van der Waals surface area (Å²) in [4.78, 5) is 11.8. The number of carbonyl (C=O) groups is 1. The summed E-state index contributed by atoms with van der Waals surface area (Å²) in [5, 5.41) is 0. The van der Waals surface area contributed by atoms with E-state index in [0.717, 1.165) is 21.3 Å². The van der Waals surface area contributed by atoms with E-state index in [4.69, 9.17) is 9.47 Å². The lowest BCUT2D eigenvalue weighted by Crippen LogP contribution is -2.14. The van der Waals surface area contributed by atoms with Gasteiger partial charge in [-0.15, -0.1) is 6.58 Å². The van der Waals surface area contributed by atoms with Gasteiger partial charge in [0.25, 0.3) is 0 Å². The van der Waals surface area contributed by atoms with Crippen molar-refractivity contribution in [3.63, 3.8) is 0 Å². The van der Waals surface area contributed by atoms with Gasteiger partial charge in [0, 0.05) is 4.47 Å². The van der Waals surface area contributed by atoms with Crippen LogP contribution >= 0.6 is 15.9 Å². The minimum absolute atomic E-state index is 0.276. The molecule has 0 N–H and O–H groups in total. The van der Waals surface area contributed by atoms with Gasteiger partial charge in [-0.1, -0.05) is 22.0 Å². The number of carbonyl (C=O) groups excluding carboxylic acids is 1. The monoisotopic (exact) mass is 312 g/mol. The third-order valence-electron chi connectivity index (χ3n) is 2.78. The van der Waals surface area contributed by atoms with E-state index in [0.29, 0.717) is 6.42 Å². The molecule has 1 aromatic rings. The highest BCUT2D eigenvalue weighted by molar-refractivity contribution is 9.10. The summed E-state index contributed by atoms with van der Waals surface area (Å²) in [7, 11) is 3.00. The van der Waals surface area contributed by atoms with Crippen LogP contribution < -0.4 is 4.74 Å². The third-order valence-corrected chi connectivity index (χ3v) is 3.46. The first-order valence-electron chi connectivity index (χ1n) is 5.57. The first kappa shape index (κ1) is 14.8. The van der Waals surface area contributed by atoms with Crippen LogP contribution in [-0.2, 0) is 9.53 Å². The average Bonchev–Trinajstić information content (AvgIpc) is 2.36. The van der Waals surface area contributed by atoms with Crippen molar-refractivity contribution in [2.24, 2.45) is 0 Å². The zero-order valence-electron chi connectivity index (χ0n) is 10.8. The molecule has 0 radical (unpaired) electrons. The lowest BCUT2D eigenvalue weighted by molar-refractivity contribution is -0.142. The molecule has 0 aliphatic heterocycles. The molecule has 0 heterocycles. The molecule has 3 nitrogen and oxygen atoms in total. The molecule has 0 saturated carbocycles. The van der Waals surface area contributed by atoms with Gasteiger partial charge >= 0.3 is 5.97 Å². The van der Waals surface area contributed by atoms with E-state index >= 15 is 0 Å². The summed E-state index contributed by atoms with van der Waals surface area (Å²) in [5.74, 6) is 0.115. The summed E-state index contributed by atoms with van der Waals surface area (Å²) >= 11 is 3.48. The van der Waals surface area contributed by atoms with E-state index in [-0.39, 0.29) is 11.9 Å². The number of benzene rings is 1. The van der Waals surface area contributed by atoms with E-state index < -0.39 is 0 Å². The highest BCUT2D eigenvalue weighted by atomic mass is 79.9. The Labute approximate surface area is 116 Å². The van der Waals surface area contributed by atoms with Crippen molar-refractivity contribution in [2.75, 3.05) is 14.2 Å². The van der Waals surface area contributed by atoms with Gasteiger partial charge in [0.05, 0.1) is 20.1 Å². The van der Waals surface area contributed by atoms with Gasteiger partial charge in [-0.05, 0) is 36.6 Å². The van der Waals surface area contributed by atoms with Crippen LogP contribution in [0.15, 0.2) is 29.3 Å². The largest absolute Gasteiger partial charge is 0.496 e. The van der Waals surface area contributed by atoms with Crippen LogP contribution in [0.4, 0.5) is 0 Å². The van der Waals surface area contributed by atoms with Gasteiger partial charge in [-0.2, -0.15) is 0 Å². The first-order chi connectivity index (χ1) is 8.54. The van der Waals surface area contributed by atoms with Gasteiger partial charge in [0.2, 0.25) is 0 Å². The van der Waals surface area contributed by atoms with Gasteiger partial charge in [0.15, 0.2) is 0 Å². The Morgan fingerprint density at radius 3 is 2.67 bits per heavy atom. The molecule has 0 aliphatic carbocycles. The number of methoxy groups -OCH3 is 2. The minimum Gasteiger partial charge on any atom is -0.496 e. The maximum Gasteiger partial charge on any atom is 0.313 e. The molecule has 4 heteroatoms. The van der Waals surface area contributed by atoms with Crippen molar-refractivity contribution in [3.8, 4) is 5.75 Å². The Hall–Kier alpha value is -1.29. The topological polar surface area (TPSA) is 35.5 Å². The highest BCUT2D eigenvalue weighted by Gasteiger charge is 2.23. The number of aryl methyl sites for hydroxylation is 1. The fraction of sp³-hybridized carbons (Fsp3) is 0.357.